The molecular weight excluding hydrogens is 198 g/mol. The largest absolute Gasteiger partial charge is 0.474 e. The highest BCUT2D eigenvalue weighted by atomic mass is 32.1. The minimum absolute atomic E-state index is 0.0663. The van der Waals surface area contributed by atoms with Crippen LogP contribution in [0.5, 0.6) is 5.06 Å². The number of thiophene rings is 1. The third kappa shape index (κ3) is 2.03. The summed E-state index contributed by atoms with van der Waals surface area (Å²) in [6.45, 7) is 0.0786. The molecule has 0 aliphatic rings. The number of nitrogens with zero attached hydrogens (tertiary/aromatic N) is 1. The Morgan fingerprint density at radius 1 is 1.36 bits per heavy atom. The predicted molar refractivity (Wildman–Crippen MR) is 54.9 cm³/mol. The Morgan fingerprint density at radius 2 is 2.14 bits per heavy atom. The molecule has 2 aromatic rings. The van der Waals surface area contributed by atoms with E-state index in [4.69, 9.17) is 4.74 Å². The van der Waals surface area contributed by atoms with Gasteiger partial charge in [-0.25, -0.2) is 0 Å². The van der Waals surface area contributed by atoms with Gasteiger partial charge in [0.2, 0.25) is 0 Å². The van der Waals surface area contributed by atoms with E-state index in [-0.39, 0.29) is 12.5 Å². The smallest absolute Gasteiger partial charge is 0.268 e. The van der Waals surface area contributed by atoms with Crippen LogP contribution in [0.4, 0.5) is 0 Å². The lowest BCUT2D eigenvalue weighted by Crippen LogP contribution is -2.17. The van der Waals surface area contributed by atoms with E-state index in [2.05, 4.69) is 0 Å². The topological polar surface area (TPSA) is 31.2 Å². The zero-order chi connectivity index (χ0) is 9.80. The van der Waals surface area contributed by atoms with Gasteiger partial charge in [0.15, 0.2) is 11.7 Å². The Balaban J connectivity index is 1.90. The maximum absolute atomic E-state index is 11.4. The summed E-state index contributed by atoms with van der Waals surface area (Å²) in [5.41, 5.74) is 0. The number of carbonyl (C=O) groups excluding carboxylic acids is 1. The van der Waals surface area contributed by atoms with Gasteiger partial charge in [-0.2, -0.15) is 0 Å². The van der Waals surface area contributed by atoms with Crippen LogP contribution in [-0.2, 0) is 0 Å². The summed E-state index contributed by atoms with van der Waals surface area (Å²) in [4.78, 5) is 11.4. The van der Waals surface area contributed by atoms with Crippen molar-refractivity contribution in [3.8, 4) is 5.06 Å². The molecule has 2 heterocycles. The van der Waals surface area contributed by atoms with Crippen LogP contribution in [0.1, 0.15) is 4.79 Å². The highest BCUT2D eigenvalue weighted by Crippen LogP contribution is 2.17. The summed E-state index contributed by atoms with van der Waals surface area (Å²) in [5, 5.41) is 2.68. The van der Waals surface area contributed by atoms with Crippen LogP contribution in [-0.4, -0.2) is 17.1 Å². The van der Waals surface area contributed by atoms with Crippen molar-refractivity contribution in [3.05, 3.63) is 42.0 Å². The van der Waals surface area contributed by atoms with Gasteiger partial charge in [-0.15, -0.1) is 11.3 Å². The van der Waals surface area contributed by atoms with E-state index in [1.807, 2.05) is 29.6 Å². The van der Waals surface area contributed by atoms with Crippen molar-refractivity contribution >= 4 is 17.2 Å². The fraction of sp³-hybridized carbons (Fsp3) is 0.100. The van der Waals surface area contributed by atoms with E-state index < -0.39 is 0 Å². The molecule has 3 nitrogen and oxygen atoms in total. The lowest BCUT2D eigenvalue weighted by atomic mass is 10.6. The Bertz CT molecular complexity index is 392. The van der Waals surface area contributed by atoms with Crippen LogP contribution >= 0.6 is 11.3 Å². The quantitative estimate of drug-likeness (QED) is 0.773. The van der Waals surface area contributed by atoms with Crippen molar-refractivity contribution in [2.75, 3.05) is 6.61 Å². The molecule has 0 N–H and O–H groups in total. The summed E-state index contributed by atoms with van der Waals surface area (Å²) in [7, 11) is 0. The number of carbonyl (C=O) groups is 1. The number of rotatable bonds is 3. The molecule has 0 unspecified atom stereocenters. The standard InChI is InChI=1S/C10H9NO2S/c12-9(11-5-1-2-6-11)8-13-10-4-3-7-14-10/h1-7H,8H2. The highest BCUT2D eigenvalue weighted by molar-refractivity contribution is 7.11. The van der Waals surface area contributed by atoms with Gasteiger partial charge in [0.1, 0.15) is 0 Å². The molecule has 0 aliphatic carbocycles. The predicted octanol–water partition coefficient (Wildman–Crippen LogP) is 2.27. The average Bonchev–Trinajstić information content (AvgIpc) is 2.87. The van der Waals surface area contributed by atoms with Gasteiger partial charge >= 0.3 is 0 Å². The minimum Gasteiger partial charge on any atom is -0.474 e. The van der Waals surface area contributed by atoms with E-state index in [1.54, 1.807) is 12.4 Å². The molecule has 0 fully saturated rings. The van der Waals surface area contributed by atoms with E-state index in [1.165, 1.54) is 15.9 Å². The van der Waals surface area contributed by atoms with Gasteiger partial charge in [0.05, 0.1) is 0 Å². The normalized spacial score (nSPS) is 10.0. The molecule has 4 heteroatoms. The van der Waals surface area contributed by atoms with Crippen LogP contribution in [0.15, 0.2) is 42.0 Å². The lowest BCUT2D eigenvalue weighted by Gasteiger charge is -2.02. The van der Waals surface area contributed by atoms with Crippen molar-refractivity contribution in [2.45, 2.75) is 0 Å². The molecule has 2 rings (SSSR count). The monoisotopic (exact) mass is 207 g/mol. The van der Waals surface area contributed by atoms with E-state index in [9.17, 15) is 4.79 Å². The average molecular weight is 207 g/mol. The molecule has 0 radical (unpaired) electrons. The summed E-state index contributed by atoms with van der Waals surface area (Å²) < 4.78 is 6.79. The van der Waals surface area contributed by atoms with E-state index in [0.717, 1.165) is 5.06 Å². The summed E-state index contributed by atoms with van der Waals surface area (Å²) in [5.74, 6) is -0.0663. The van der Waals surface area contributed by atoms with Gasteiger partial charge in [-0.05, 0) is 29.6 Å². The fourth-order valence-electron chi connectivity index (χ4n) is 1.05. The molecule has 2 aromatic heterocycles. The maximum atomic E-state index is 11.4. The molecule has 0 bridgehead atoms. The van der Waals surface area contributed by atoms with Crippen molar-refractivity contribution in [2.24, 2.45) is 0 Å². The summed E-state index contributed by atoms with van der Waals surface area (Å²) >= 11 is 1.48. The van der Waals surface area contributed by atoms with Gasteiger partial charge < -0.3 is 4.74 Å². The van der Waals surface area contributed by atoms with Gasteiger partial charge in [0.25, 0.3) is 5.91 Å². The van der Waals surface area contributed by atoms with Gasteiger partial charge in [-0.3, -0.25) is 9.36 Å². The third-order valence-corrected chi connectivity index (χ3v) is 2.50. The Kier molecular flexibility index (Phi) is 2.65. The zero-order valence-corrected chi connectivity index (χ0v) is 8.24. The van der Waals surface area contributed by atoms with Crippen molar-refractivity contribution in [3.63, 3.8) is 0 Å². The summed E-state index contributed by atoms with van der Waals surface area (Å²) in [6, 6.07) is 7.35. The molecule has 0 spiro atoms. The second-order valence-electron chi connectivity index (χ2n) is 2.70. The molecule has 0 atom stereocenters. The fourth-order valence-corrected chi connectivity index (χ4v) is 1.63. The molecular formula is C10H9NO2S. The number of hydrogen-bond donors (Lipinski definition) is 0. The number of ether oxygens (including phenoxy) is 1. The molecule has 14 heavy (non-hydrogen) atoms. The molecule has 0 saturated carbocycles. The number of aromatic nitrogens is 1. The number of hydrogen-bond acceptors (Lipinski definition) is 3. The second-order valence-corrected chi connectivity index (χ2v) is 3.62. The van der Waals surface area contributed by atoms with Gasteiger partial charge in [-0.1, -0.05) is 0 Å². The third-order valence-electron chi connectivity index (χ3n) is 1.73. The van der Waals surface area contributed by atoms with E-state index in [0.29, 0.717) is 0 Å². The molecule has 0 aromatic carbocycles. The van der Waals surface area contributed by atoms with Crippen molar-refractivity contribution in [1.82, 2.24) is 4.57 Å². The Labute approximate surface area is 85.6 Å². The molecule has 72 valence electrons. The second kappa shape index (κ2) is 4.11. The van der Waals surface area contributed by atoms with E-state index >= 15 is 0 Å². The van der Waals surface area contributed by atoms with Crippen LogP contribution < -0.4 is 4.74 Å². The molecule has 0 aliphatic heterocycles. The SMILES string of the molecule is O=C(COc1cccs1)n1cccc1. The molecule has 0 amide bonds. The highest BCUT2D eigenvalue weighted by Gasteiger charge is 2.04. The Hall–Kier alpha value is -1.55. The van der Waals surface area contributed by atoms with Crippen molar-refractivity contribution < 1.29 is 9.53 Å². The first-order valence-corrected chi connectivity index (χ1v) is 5.07. The van der Waals surface area contributed by atoms with Crippen LogP contribution in [0.3, 0.4) is 0 Å². The maximum Gasteiger partial charge on any atom is 0.268 e. The van der Waals surface area contributed by atoms with Crippen LogP contribution in [0, 0.1) is 0 Å². The zero-order valence-electron chi connectivity index (χ0n) is 7.42. The molecule has 0 saturated heterocycles. The van der Waals surface area contributed by atoms with Crippen LogP contribution in [0.25, 0.3) is 0 Å². The lowest BCUT2D eigenvalue weighted by molar-refractivity contribution is 0.0841. The first-order valence-electron chi connectivity index (χ1n) is 4.19. The summed E-state index contributed by atoms with van der Waals surface area (Å²) in [6.07, 6.45) is 3.42. The minimum atomic E-state index is -0.0663. The first-order chi connectivity index (χ1) is 6.86. The Morgan fingerprint density at radius 3 is 2.79 bits per heavy atom. The first kappa shape index (κ1) is 9.02. The van der Waals surface area contributed by atoms with Crippen molar-refractivity contribution in [1.29, 1.82) is 0 Å². The van der Waals surface area contributed by atoms with Gasteiger partial charge in [0, 0.05) is 12.4 Å². The van der Waals surface area contributed by atoms with Crippen LogP contribution in [0.2, 0.25) is 0 Å².